The van der Waals surface area contributed by atoms with E-state index >= 15 is 0 Å². The van der Waals surface area contributed by atoms with Gasteiger partial charge in [-0.25, -0.2) is 9.40 Å². The Morgan fingerprint density at radius 3 is 2.30 bits per heavy atom. The molecule has 0 N–H and O–H groups in total. The summed E-state index contributed by atoms with van der Waals surface area (Å²) >= 11 is 1.66. The Morgan fingerprint density at radius 1 is 1.00 bits per heavy atom. The summed E-state index contributed by atoms with van der Waals surface area (Å²) < 4.78 is 13.5. The first-order valence-electron chi connectivity index (χ1n) is 8.59. The van der Waals surface area contributed by atoms with Crippen molar-refractivity contribution in [1.29, 1.82) is 0 Å². The lowest BCUT2D eigenvalue weighted by Crippen LogP contribution is -2.37. The number of amidine groups is 1. The molecule has 0 fully saturated rings. The number of ketones is 1. The van der Waals surface area contributed by atoms with Crippen molar-refractivity contribution in [2.75, 3.05) is 9.91 Å². The molecule has 136 valence electrons. The van der Waals surface area contributed by atoms with Crippen LogP contribution in [-0.2, 0) is 4.79 Å². The Labute approximate surface area is 161 Å². The summed E-state index contributed by atoms with van der Waals surface area (Å²) in [5, 5.41) is 6.50. The second kappa shape index (κ2) is 6.96. The lowest BCUT2D eigenvalue weighted by atomic mass is 10.2. The van der Waals surface area contributed by atoms with Gasteiger partial charge in [-0.1, -0.05) is 18.2 Å². The molecule has 0 saturated heterocycles. The van der Waals surface area contributed by atoms with Crippen LogP contribution in [0.3, 0.4) is 0 Å². The fraction of sp³-hybridized carbons (Fsp3) is 0.143. The maximum Gasteiger partial charge on any atom is 0.198 e. The quantitative estimate of drug-likeness (QED) is 0.631. The molecule has 0 amide bonds. The minimum atomic E-state index is -0.317. The number of aryl methyl sites for hydroxylation is 1. The van der Waals surface area contributed by atoms with Gasteiger partial charge in [-0.15, -0.1) is 16.4 Å². The molecule has 6 heteroatoms. The Hall–Kier alpha value is -2.99. The molecule has 0 aliphatic carbocycles. The molecule has 3 aromatic rings. The van der Waals surface area contributed by atoms with Crippen LogP contribution in [0.25, 0.3) is 0 Å². The summed E-state index contributed by atoms with van der Waals surface area (Å²) in [6.45, 7) is 3.55. The largest absolute Gasteiger partial charge is 0.294 e. The number of Topliss-reactive ketones (excluding diaryl/α,β-unsaturated/α-hetero) is 1. The number of rotatable bonds is 4. The standard InChI is InChI=1S/C21H18FN3OS/c1-14-8-13-19(27-14)21-24(17-11-9-16(22)10-12-17)20(15(2)26)23-25(21)18-6-4-3-5-7-18/h3-13,21H,1-2H3/t21-/m0/s1. The summed E-state index contributed by atoms with van der Waals surface area (Å²) in [7, 11) is 0. The van der Waals surface area contributed by atoms with Gasteiger partial charge in [-0.2, -0.15) is 0 Å². The van der Waals surface area contributed by atoms with Crippen molar-refractivity contribution >= 4 is 34.3 Å². The van der Waals surface area contributed by atoms with Crippen LogP contribution >= 0.6 is 11.3 Å². The van der Waals surface area contributed by atoms with Gasteiger partial charge in [0, 0.05) is 22.4 Å². The van der Waals surface area contributed by atoms with Crippen molar-refractivity contribution in [3.63, 3.8) is 0 Å². The van der Waals surface area contributed by atoms with Gasteiger partial charge < -0.3 is 0 Å². The van der Waals surface area contributed by atoms with Gasteiger partial charge in [0.1, 0.15) is 5.82 Å². The fourth-order valence-corrected chi connectivity index (χ4v) is 4.11. The van der Waals surface area contributed by atoms with Gasteiger partial charge in [0.15, 0.2) is 17.8 Å². The van der Waals surface area contributed by atoms with Gasteiger partial charge in [-0.05, 0) is 55.5 Å². The van der Waals surface area contributed by atoms with Crippen molar-refractivity contribution in [3.8, 4) is 0 Å². The van der Waals surface area contributed by atoms with E-state index in [1.54, 1.807) is 23.5 Å². The Morgan fingerprint density at radius 2 is 1.70 bits per heavy atom. The van der Waals surface area contributed by atoms with Crippen LogP contribution in [0, 0.1) is 12.7 Å². The number of carbonyl (C=O) groups excluding carboxylic acids is 1. The Balaban J connectivity index is 1.88. The topological polar surface area (TPSA) is 35.9 Å². The molecule has 4 nitrogen and oxygen atoms in total. The zero-order chi connectivity index (χ0) is 19.0. The molecule has 0 unspecified atom stereocenters. The lowest BCUT2D eigenvalue weighted by Gasteiger charge is -2.31. The van der Waals surface area contributed by atoms with Gasteiger partial charge in [-0.3, -0.25) is 9.69 Å². The second-order valence-electron chi connectivity index (χ2n) is 6.33. The number of para-hydroxylation sites is 1. The SMILES string of the molecule is CC(=O)C1=NN(c2ccccc2)[C@@H](c2ccc(C)s2)N1c1ccc(F)cc1. The number of anilines is 2. The Kier molecular flexibility index (Phi) is 4.49. The highest BCUT2D eigenvalue weighted by atomic mass is 32.1. The third-order valence-corrected chi connectivity index (χ3v) is 5.40. The molecule has 2 heterocycles. The van der Waals surface area contributed by atoms with Crippen LogP contribution < -0.4 is 9.91 Å². The van der Waals surface area contributed by atoms with Crippen LogP contribution in [0.5, 0.6) is 0 Å². The number of hydrogen-bond donors (Lipinski definition) is 0. The van der Waals surface area contributed by atoms with Crippen LogP contribution in [0.15, 0.2) is 71.8 Å². The third kappa shape index (κ3) is 3.24. The molecule has 27 heavy (non-hydrogen) atoms. The van der Waals surface area contributed by atoms with Crippen molar-refractivity contribution in [2.24, 2.45) is 5.10 Å². The van der Waals surface area contributed by atoms with Gasteiger partial charge >= 0.3 is 0 Å². The molecule has 1 aliphatic heterocycles. The molecule has 0 radical (unpaired) electrons. The number of hydrogen-bond acceptors (Lipinski definition) is 5. The van der Waals surface area contributed by atoms with Gasteiger partial charge in [0.25, 0.3) is 0 Å². The highest BCUT2D eigenvalue weighted by Gasteiger charge is 2.39. The maximum atomic E-state index is 13.5. The first-order valence-corrected chi connectivity index (χ1v) is 9.41. The van der Waals surface area contributed by atoms with E-state index in [2.05, 4.69) is 17.2 Å². The number of thiophene rings is 1. The van der Waals surface area contributed by atoms with Crippen molar-refractivity contribution in [2.45, 2.75) is 20.0 Å². The molecule has 0 spiro atoms. The van der Waals surface area contributed by atoms with E-state index in [4.69, 9.17) is 0 Å². The average Bonchev–Trinajstić information content (AvgIpc) is 3.27. The Bertz CT molecular complexity index is 998. The highest BCUT2D eigenvalue weighted by molar-refractivity contribution is 7.12. The minimum Gasteiger partial charge on any atom is -0.294 e. The number of hydrazone groups is 1. The van der Waals surface area contributed by atoms with E-state index in [-0.39, 0.29) is 17.8 Å². The lowest BCUT2D eigenvalue weighted by molar-refractivity contribution is -0.111. The second-order valence-corrected chi connectivity index (χ2v) is 7.65. The normalized spacial score (nSPS) is 16.6. The summed E-state index contributed by atoms with van der Waals surface area (Å²) in [4.78, 5) is 16.5. The van der Waals surface area contributed by atoms with Crippen LogP contribution in [0.4, 0.5) is 15.8 Å². The minimum absolute atomic E-state index is 0.143. The highest BCUT2D eigenvalue weighted by Crippen LogP contribution is 2.41. The van der Waals surface area contributed by atoms with E-state index < -0.39 is 0 Å². The fourth-order valence-electron chi connectivity index (χ4n) is 3.15. The molecule has 1 aliphatic rings. The molecular weight excluding hydrogens is 361 g/mol. The number of carbonyl (C=O) groups is 1. The van der Waals surface area contributed by atoms with E-state index in [9.17, 15) is 9.18 Å². The molecule has 4 rings (SSSR count). The van der Waals surface area contributed by atoms with Crippen LogP contribution in [0.1, 0.15) is 22.8 Å². The maximum absolute atomic E-state index is 13.5. The number of benzene rings is 2. The van der Waals surface area contributed by atoms with Crippen LogP contribution in [0.2, 0.25) is 0 Å². The molecule has 0 saturated carbocycles. The smallest absolute Gasteiger partial charge is 0.198 e. The zero-order valence-corrected chi connectivity index (χ0v) is 15.8. The summed E-state index contributed by atoms with van der Waals surface area (Å²) in [5.74, 6) is -0.125. The van der Waals surface area contributed by atoms with E-state index in [0.717, 1.165) is 16.3 Å². The molecule has 1 atom stereocenters. The predicted octanol–water partition coefficient (Wildman–Crippen LogP) is 5.12. The first kappa shape index (κ1) is 17.4. The monoisotopic (exact) mass is 379 g/mol. The van der Waals surface area contributed by atoms with E-state index in [1.807, 2.05) is 47.2 Å². The molecule has 0 bridgehead atoms. The average molecular weight is 379 g/mol. The first-order chi connectivity index (χ1) is 13.0. The summed E-state index contributed by atoms with van der Waals surface area (Å²) in [6, 6.07) is 20.0. The van der Waals surface area contributed by atoms with Crippen molar-refractivity contribution in [1.82, 2.24) is 0 Å². The zero-order valence-electron chi connectivity index (χ0n) is 15.0. The van der Waals surface area contributed by atoms with Crippen molar-refractivity contribution in [3.05, 3.63) is 82.3 Å². The van der Waals surface area contributed by atoms with Gasteiger partial charge in [0.2, 0.25) is 0 Å². The van der Waals surface area contributed by atoms with Crippen LogP contribution in [-0.4, -0.2) is 11.6 Å². The summed E-state index contributed by atoms with van der Waals surface area (Å²) in [6.07, 6.45) is -0.310. The third-order valence-electron chi connectivity index (χ3n) is 4.36. The predicted molar refractivity (Wildman–Crippen MR) is 108 cm³/mol. The van der Waals surface area contributed by atoms with Gasteiger partial charge in [0.05, 0.1) is 5.69 Å². The molecular formula is C21H18FN3OS. The molecule has 1 aromatic heterocycles. The van der Waals surface area contributed by atoms with E-state index in [0.29, 0.717) is 5.84 Å². The number of nitrogens with zero attached hydrogens (tertiary/aromatic N) is 3. The number of halogens is 1. The van der Waals surface area contributed by atoms with E-state index in [1.165, 1.54) is 23.9 Å². The van der Waals surface area contributed by atoms with Crippen molar-refractivity contribution < 1.29 is 9.18 Å². The molecule has 2 aromatic carbocycles. The summed E-state index contributed by atoms with van der Waals surface area (Å²) in [5.41, 5.74) is 1.61.